The maximum Gasteiger partial charge on any atom is 0.476 e. The van der Waals surface area contributed by atoms with Crippen LogP contribution >= 0.6 is 7.82 Å². The molecule has 0 radical (unpaired) electrons. The van der Waals surface area contributed by atoms with E-state index in [-0.39, 0.29) is 19.1 Å². The monoisotopic (exact) mass is 473 g/mol. The van der Waals surface area contributed by atoms with Gasteiger partial charge in [0.2, 0.25) is 0 Å². The van der Waals surface area contributed by atoms with Crippen LogP contribution in [0.1, 0.15) is 47.3 Å². The Balaban J connectivity index is 1.43. The lowest BCUT2D eigenvalue weighted by Gasteiger charge is -2.33. The van der Waals surface area contributed by atoms with Crippen molar-refractivity contribution in [2.75, 3.05) is 6.61 Å². The van der Waals surface area contributed by atoms with Gasteiger partial charge in [-0.05, 0) is 41.0 Å². The number of esters is 1. The van der Waals surface area contributed by atoms with E-state index in [1.807, 2.05) is 0 Å². The highest BCUT2D eigenvalue weighted by Gasteiger charge is 2.89. The van der Waals surface area contributed by atoms with Crippen LogP contribution in [-0.4, -0.2) is 51.6 Å². The number of nitrogens with two attached hydrogens (primary N) is 1. The van der Waals surface area contributed by atoms with Gasteiger partial charge < -0.3 is 15.2 Å². The number of aromatic nitrogens is 2. The Morgan fingerprint density at radius 1 is 1.38 bits per heavy atom. The minimum atomic E-state index is -3.97. The van der Waals surface area contributed by atoms with E-state index in [0.29, 0.717) is 0 Å². The summed E-state index contributed by atoms with van der Waals surface area (Å²) in [5, 5.41) is 0. The Labute approximate surface area is 183 Å². The number of rotatable bonds is 7. The lowest BCUT2D eigenvalue weighted by molar-refractivity contribution is -0.158. The third kappa shape index (κ3) is 3.49. The van der Waals surface area contributed by atoms with E-state index in [0.717, 1.165) is 4.57 Å². The van der Waals surface area contributed by atoms with Gasteiger partial charge in [0.25, 0.3) is 5.56 Å². The van der Waals surface area contributed by atoms with Crippen molar-refractivity contribution in [2.45, 2.75) is 76.7 Å². The molecule has 2 saturated heterocycles. The Hall–Kier alpha value is -1.82. The van der Waals surface area contributed by atoms with Crippen molar-refractivity contribution in [3.05, 3.63) is 33.1 Å². The van der Waals surface area contributed by atoms with Crippen molar-refractivity contribution < 1.29 is 32.4 Å². The fourth-order valence-electron chi connectivity index (χ4n) is 4.16. The van der Waals surface area contributed by atoms with Gasteiger partial charge in [0.15, 0.2) is 11.8 Å². The molecule has 1 aromatic rings. The normalized spacial score (nSPS) is 37.9. The first-order valence-corrected chi connectivity index (χ1v) is 11.8. The van der Waals surface area contributed by atoms with Crippen LogP contribution in [0.3, 0.4) is 0 Å². The first-order chi connectivity index (χ1) is 14.7. The molecule has 4 rings (SSSR count). The van der Waals surface area contributed by atoms with Crippen LogP contribution in [0.5, 0.6) is 0 Å². The molecule has 3 fully saturated rings. The third-order valence-electron chi connectivity index (χ3n) is 6.12. The number of carbonyl (C=O) groups excluding carboxylic acids is 1. The van der Waals surface area contributed by atoms with Gasteiger partial charge in [-0.1, -0.05) is 0 Å². The molecule has 2 aliphatic heterocycles. The quantitative estimate of drug-likeness (QED) is 0.428. The van der Waals surface area contributed by atoms with Crippen LogP contribution in [0.2, 0.25) is 0 Å². The molecular formula is C19H28N3O9P. The summed E-state index contributed by atoms with van der Waals surface area (Å²) >= 11 is 0. The number of nitrogens with zero attached hydrogens (tertiary/aromatic N) is 1. The number of hydrogen-bond donors (Lipinski definition) is 2. The van der Waals surface area contributed by atoms with Gasteiger partial charge in [-0.15, -0.1) is 0 Å². The number of phosphoric acid groups is 1. The number of carbonyl (C=O) groups is 1. The molecule has 1 aromatic heterocycles. The summed E-state index contributed by atoms with van der Waals surface area (Å²) in [6, 6.07) is 1.17. The zero-order valence-electron chi connectivity index (χ0n) is 18.5. The van der Waals surface area contributed by atoms with Crippen molar-refractivity contribution >= 4 is 13.8 Å². The Bertz CT molecular complexity index is 1090. The lowest BCUT2D eigenvalue weighted by Crippen LogP contribution is -2.57. The van der Waals surface area contributed by atoms with Crippen LogP contribution in [0, 0.1) is 5.41 Å². The van der Waals surface area contributed by atoms with E-state index in [1.165, 1.54) is 12.3 Å². The number of ether oxygens (including phenoxy) is 2. The molecular weight excluding hydrogens is 445 g/mol. The van der Waals surface area contributed by atoms with E-state index in [1.54, 1.807) is 34.6 Å². The van der Waals surface area contributed by atoms with Crippen LogP contribution in [0.4, 0.5) is 0 Å². The van der Waals surface area contributed by atoms with E-state index < -0.39 is 60.0 Å². The van der Waals surface area contributed by atoms with Gasteiger partial charge in [-0.2, -0.15) is 0 Å². The largest absolute Gasteiger partial charge is 0.476 e. The summed E-state index contributed by atoms with van der Waals surface area (Å²) in [6.45, 7) is 8.44. The Morgan fingerprint density at radius 2 is 2.06 bits per heavy atom. The fourth-order valence-corrected chi connectivity index (χ4v) is 5.95. The molecule has 13 heteroatoms. The standard InChI is InChI=1S/C19H28N3O9P/c1-10(2)28-15(24)17(3,4)7-9-27-32(26)30-13-12-19(13,31-32)18(5,20)14(29-12)22-8-6-11(23)21-16(22)25/h6,8,10,12-14H,7,9,20H2,1-5H3,(H,21,23,25)/t12-,13?,14-,18+,19+,32-/m1/s1. The minimum Gasteiger partial charge on any atom is -0.463 e. The van der Waals surface area contributed by atoms with Crippen molar-refractivity contribution in [3.8, 4) is 0 Å². The van der Waals surface area contributed by atoms with Crippen LogP contribution in [0.25, 0.3) is 0 Å². The Morgan fingerprint density at radius 3 is 2.69 bits per heavy atom. The number of nitrogens with one attached hydrogen (secondary N) is 1. The summed E-state index contributed by atoms with van der Waals surface area (Å²) in [4.78, 5) is 37.9. The molecule has 1 saturated carbocycles. The zero-order chi connectivity index (χ0) is 23.7. The molecule has 0 bridgehead atoms. The maximum atomic E-state index is 13.1. The molecule has 12 nitrogen and oxygen atoms in total. The second kappa shape index (κ2) is 7.34. The second-order valence-corrected chi connectivity index (χ2v) is 11.0. The van der Waals surface area contributed by atoms with Gasteiger partial charge in [0.05, 0.1) is 23.7 Å². The molecule has 178 valence electrons. The van der Waals surface area contributed by atoms with Gasteiger partial charge in [-0.25, -0.2) is 9.36 Å². The van der Waals surface area contributed by atoms with Gasteiger partial charge in [0, 0.05) is 12.3 Å². The SMILES string of the molecule is CC(C)OC(=O)C(C)(C)CCO[P@]1(=O)OC2[C@H]3O[C@@H](n4ccc(=O)[nH]c4=O)[C@](C)(N)[C@@]23O1. The van der Waals surface area contributed by atoms with Gasteiger partial charge in [-0.3, -0.25) is 32.7 Å². The summed E-state index contributed by atoms with van der Waals surface area (Å²) in [7, 11) is -3.97. The molecule has 6 atom stereocenters. The smallest absolute Gasteiger partial charge is 0.463 e. The molecule has 0 aromatic carbocycles. The van der Waals surface area contributed by atoms with E-state index in [9.17, 15) is 18.9 Å². The van der Waals surface area contributed by atoms with Gasteiger partial charge >= 0.3 is 19.5 Å². The third-order valence-corrected chi connectivity index (χ3v) is 7.63. The second-order valence-electron chi connectivity index (χ2n) is 9.49. The molecule has 1 unspecified atom stereocenters. The molecule has 3 N–H and O–H groups in total. The lowest BCUT2D eigenvalue weighted by atomic mass is 9.90. The number of H-pyrrole nitrogens is 1. The summed E-state index contributed by atoms with van der Waals surface area (Å²) < 4.78 is 42.0. The fraction of sp³-hybridized carbons (Fsp3) is 0.737. The van der Waals surface area contributed by atoms with E-state index in [4.69, 9.17) is 28.8 Å². The number of hydrogen-bond acceptors (Lipinski definition) is 10. The molecule has 3 aliphatic rings. The van der Waals surface area contributed by atoms with Crippen molar-refractivity contribution in [3.63, 3.8) is 0 Å². The maximum absolute atomic E-state index is 13.1. The average molecular weight is 473 g/mol. The first kappa shape index (κ1) is 23.3. The summed E-state index contributed by atoms with van der Waals surface area (Å²) in [6.07, 6.45) is -1.10. The van der Waals surface area contributed by atoms with Crippen LogP contribution in [-0.2, 0) is 32.4 Å². The van der Waals surface area contributed by atoms with Crippen molar-refractivity contribution in [1.82, 2.24) is 9.55 Å². The predicted octanol–water partition coefficient (Wildman–Crippen LogP) is 0.812. The van der Waals surface area contributed by atoms with Gasteiger partial charge in [0.1, 0.15) is 12.2 Å². The number of fused-ring (bicyclic) bond motifs is 1. The number of phosphoric ester groups is 1. The Kier molecular flexibility index (Phi) is 5.36. The van der Waals surface area contributed by atoms with Crippen molar-refractivity contribution in [1.29, 1.82) is 0 Å². The zero-order valence-corrected chi connectivity index (χ0v) is 19.4. The molecule has 1 spiro atoms. The average Bonchev–Trinajstić information content (AvgIpc) is 2.97. The number of aromatic amines is 1. The predicted molar refractivity (Wildman–Crippen MR) is 110 cm³/mol. The summed E-state index contributed by atoms with van der Waals surface area (Å²) in [5.41, 5.74) is 1.82. The first-order valence-electron chi connectivity index (χ1n) is 10.3. The van der Waals surface area contributed by atoms with Crippen LogP contribution < -0.4 is 17.0 Å². The van der Waals surface area contributed by atoms with Crippen LogP contribution in [0.15, 0.2) is 21.9 Å². The van der Waals surface area contributed by atoms with E-state index in [2.05, 4.69) is 4.98 Å². The summed E-state index contributed by atoms with van der Waals surface area (Å²) in [5.74, 6) is -0.392. The highest BCUT2D eigenvalue weighted by atomic mass is 31.2. The molecule has 32 heavy (non-hydrogen) atoms. The minimum absolute atomic E-state index is 0.0735. The molecule has 3 heterocycles. The topological polar surface area (TPSA) is 161 Å². The molecule has 0 amide bonds. The molecule has 1 aliphatic carbocycles. The highest BCUT2D eigenvalue weighted by molar-refractivity contribution is 7.48. The highest BCUT2D eigenvalue weighted by Crippen LogP contribution is 2.77. The van der Waals surface area contributed by atoms with Crippen molar-refractivity contribution in [2.24, 2.45) is 11.1 Å². The van der Waals surface area contributed by atoms with E-state index >= 15 is 0 Å².